The molecule has 2 rings (SSSR count). The first-order valence-corrected chi connectivity index (χ1v) is 7.07. The summed E-state index contributed by atoms with van der Waals surface area (Å²) in [5.41, 5.74) is 0.537. The highest BCUT2D eigenvalue weighted by Gasteiger charge is 2.21. The van der Waals surface area contributed by atoms with Gasteiger partial charge >= 0.3 is 5.97 Å². The first-order valence-electron chi connectivity index (χ1n) is 6.69. The molecular formula is C15H16ClNO4. The number of hydrogen-bond acceptors (Lipinski definition) is 4. The summed E-state index contributed by atoms with van der Waals surface area (Å²) in [6.07, 6.45) is -0.0580. The van der Waals surface area contributed by atoms with Gasteiger partial charge in [0.05, 0.1) is 0 Å². The largest absolute Gasteiger partial charge is 0.449 e. The highest BCUT2D eigenvalue weighted by Crippen LogP contribution is 2.23. The summed E-state index contributed by atoms with van der Waals surface area (Å²) in [6, 6.07) is 6.57. The van der Waals surface area contributed by atoms with E-state index in [9.17, 15) is 9.59 Å². The van der Waals surface area contributed by atoms with Gasteiger partial charge in [-0.3, -0.25) is 4.79 Å². The fourth-order valence-electron chi connectivity index (χ4n) is 1.78. The number of benzene rings is 1. The fourth-order valence-corrected chi connectivity index (χ4v) is 1.96. The number of esters is 1. The minimum Gasteiger partial charge on any atom is -0.449 e. The van der Waals surface area contributed by atoms with E-state index >= 15 is 0 Å². The number of halogens is 1. The molecule has 1 aromatic carbocycles. The molecule has 0 aliphatic heterocycles. The van der Waals surface area contributed by atoms with Crippen molar-refractivity contribution in [1.29, 1.82) is 0 Å². The SMILES string of the molecule is CCCNC(=O)[C@@H](C)OC(=O)c1cc2cc(Cl)ccc2o1. The molecule has 112 valence electrons. The molecule has 21 heavy (non-hydrogen) atoms. The van der Waals surface area contributed by atoms with E-state index in [-0.39, 0.29) is 11.7 Å². The van der Waals surface area contributed by atoms with Crippen LogP contribution in [0.5, 0.6) is 0 Å². The maximum Gasteiger partial charge on any atom is 0.375 e. The molecule has 0 bridgehead atoms. The minimum absolute atomic E-state index is 0.0439. The van der Waals surface area contributed by atoms with E-state index in [0.29, 0.717) is 22.5 Å². The molecule has 0 aliphatic carbocycles. The number of carbonyl (C=O) groups is 2. The zero-order chi connectivity index (χ0) is 15.4. The Morgan fingerprint density at radius 1 is 1.38 bits per heavy atom. The lowest BCUT2D eigenvalue weighted by molar-refractivity contribution is -0.129. The Labute approximate surface area is 127 Å². The highest BCUT2D eigenvalue weighted by molar-refractivity contribution is 6.31. The first-order chi connectivity index (χ1) is 10.0. The third-order valence-electron chi connectivity index (χ3n) is 2.88. The smallest absolute Gasteiger partial charge is 0.375 e. The van der Waals surface area contributed by atoms with E-state index < -0.39 is 12.1 Å². The third-order valence-corrected chi connectivity index (χ3v) is 3.12. The van der Waals surface area contributed by atoms with Crippen molar-refractivity contribution in [1.82, 2.24) is 5.32 Å². The zero-order valence-electron chi connectivity index (χ0n) is 11.8. The van der Waals surface area contributed by atoms with Crippen molar-refractivity contribution in [3.8, 4) is 0 Å². The number of amides is 1. The minimum atomic E-state index is -0.874. The molecule has 1 N–H and O–H groups in total. The Balaban J connectivity index is 2.06. The maximum atomic E-state index is 12.0. The Morgan fingerprint density at radius 2 is 2.14 bits per heavy atom. The average Bonchev–Trinajstić information content (AvgIpc) is 2.87. The van der Waals surface area contributed by atoms with Crippen molar-refractivity contribution in [2.45, 2.75) is 26.4 Å². The van der Waals surface area contributed by atoms with Crippen LogP contribution in [0.4, 0.5) is 0 Å². The van der Waals surface area contributed by atoms with Crippen LogP contribution in [0.2, 0.25) is 5.02 Å². The Morgan fingerprint density at radius 3 is 2.86 bits per heavy atom. The van der Waals surface area contributed by atoms with E-state index in [2.05, 4.69) is 5.32 Å². The second-order valence-corrected chi connectivity index (χ2v) is 5.07. The number of ether oxygens (including phenoxy) is 1. The predicted molar refractivity (Wildman–Crippen MR) is 79.4 cm³/mol. The molecule has 0 spiro atoms. The number of furan rings is 1. The van der Waals surface area contributed by atoms with Crippen LogP contribution >= 0.6 is 11.6 Å². The summed E-state index contributed by atoms with van der Waals surface area (Å²) >= 11 is 5.87. The molecule has 6 heteroatoms. The van der Waals surface area contributed by atoms with E-state index in [1.54, 1.807) is 24.3 Å². The van der Waals surface area contributed by atoms with Gasteiger partial charge in [0.25, 0.3) is 5.91 Å². The van der Waals surface area contributed by atoms with Crippen molar-refractivity contribution in [2.24, 2.45) is 0 Å². The lowest BCUT2D eigenvalue weighted by atomic mass is 10.2. The Hall–Kier alpha value is -2.01. The molecule has 0 saturated carbocycles. The highest BCUT2D eigenvalue weighted by atomic mass is 35.5. The van der Waals surface area contributed by atoms with E-state index in [1.165, 1.54) is 6.92 Å². The van der Waals surface area contributed by atoms with Gasteiger partial charge in [0.15, 0.2) is 6.10 Å². The van der Waals surface area contributed by atoms with Crippen LogP contribution in [0.3, 0.4) is 0 Å². The van der Waals surface area contributed by atoms with Gasteiger partial charge in [0.2, 0.25) is 5.76 Å². The monoisotopic (exact) mass is 309 g/mol. The molecule has 0 radical (unpaired) electrons. The van der Waals surface area contributed by atoms with Gasteiger partial charge in [-0.25, -0.2) is 4.79 Å². The average molecular weight is 310 g/mol. The van der Waals surface area contributed by atoms with Gasteiger partial charge < -0.3 is 14.5 Å². The predicted octanol–water partition coefficient (Wildman–Crippen LogP) is 3.16. The van der Waals surface area contributed by atoms with Crippen LogP contribution in [0, 0.1) is 0 Å². The Kier molecular flexibility index (Phi) is 4.85. The van der Waals surface area contributed by atoms with Gasteiger partial charge in [-0.1, -0.05) is 18.5 Å². The summed E-state index contributed by atoms with van der Waals surface area (Å²) in [7, 11) is 0. The van der Waals surface area contributed by atoms with Gasteiger partial charge in [-0.15, -0.1) is 0 Å². The zero-order valence-corrected chi connectivity index (χ0v) is 12.6. The van der Waals surface area contributed by atoms with Crippen LogP contribution in [-0.2, 0) is 9.53 Å². The second-order valence-electron chi connectivity index (χ2n) is 4.63. The molecule has 5 nitrogen and oxygen atoms in total. The number of hydrogen-bond donors (Lipinski definition) is 1. The van der Waals surface area contributed by atoms with E-state index in [4.69, 9.17) is 20.8 Å². The van der Waals surface area contributed by atoms with Crippen LogP contribution in [0.1, 0.15) is 30.8 Å². The topological polar surface area (TPSA) is 68.5 Å². The summed E-state index contributed by atoms with van der Waals surface area (Å²) in [6.45, 7) is 4.00. The lowest BCUT2D eigenvalue weighted by Crippen LogP contribution is -2.36. The van der Waals surface area contributed by atoms with Gasteiger partial charge in [0, 0.05) is 17.0 Å². The molecule has 1 heterocycles. The molecule has 2 aromatic rings. The molecule has 1 atom stereocenters. The summed E-state index contributed by atoms with van der Waals surface area (Å²) in [5.74, 6) is -0.965. The maximum absolute atomic E-state index is 12.0. The molecule has 0 fully saturated rings. The number of carbonyl (C=O) groups excluding carboxylic acids is 2. The molecule has 1 amide bonds. The molecule has 0 unspecified atom stereocenters. The molecule has 0 saturated heterocycles. The first kappa shape index (κ1) is 15.4. The standard InChI is InChI=1S/C15H16ClNO4/c1-3-6-17-14(18)9(2)20-15(19)13-8-10-7-11(16)4-5-12(10)21-13/h4-5,7-9H,3,6H2,1-2H3,(H,17,18)/t9-/m1/s1. The molecular weight excluding hydrogens is 294 g/mol. The van der Waals surface area contributed by atoms with Crippen LogP contribution < -0.4 is 5.32 Å². The third kappa shape index (κ3) is 3.76. The number of rotatable bonds is 5. The Bertz CT molecular complexity index is 665. The van der Waals surface area contributed by atoms with Crippen molar-refractivity contribution < 1.29 is 18.7 Å². The van der Waals surface area contributed by atoms with Gasteiger partial charge in [-0.05, 0) is 37.6 Å². The van der Waals surface area contributed by atoms with Crippen molar-refractivity contribution >= 4 is 34.4 Å². The number of fused-ring (bicyclic) bond motifs is 1. The van der Waals surface area contributed by atoms with E-state index in [0.717, 1.165) is 6.42 Å². The van der Waals surface area contributed by atoms with Crippen LogP contribution in [0.25, 0.3) is 11.0 Å². The van der Waals surface area contributed by atoms with Crippen LogP contribution in [0.15, 0.2) is 28.7 Å². The van der Waals surface area contributed by atoms with Gasteiger partial charge in [-0.2, -0.15) is 0 Å². The fraction of sp³-hybridized carbons (Fsp3) is 0.333. The second kappa shape index (κ2) is 6.63. The lowest BCUT2D eigenvalue weighted by Gasteiger charge is -2.11. The molecule has 1 aromatic heterocycles. The van der Waals surface area contributed by atoms with Crippen molar-refractivity contribution in [3.63, 3.8) is 0 Å². The number of nitrogens with one attached hydrogen (secondary N) is 1. The molecule has 0 aliphatic rings. The van der Waals surface area contributed by atoms with Crippen molar-refractivity contribution in [3.05, 3.63) is 35.0 Å². The van der Waals surface area contributed by atoms with Crippen LogP contribution in [-0.4, -0.2) is 24.5 Å². The summed E-state index contributed by atoms with van der Waals surface area (Å²) in [5, 5.41) is 3.92. The van der Waals surface area contributed by atoms with E-state index in [1.807, 2.05) is 6.92 Å². The normalized spacial score (nSPS) is 12.1. The van der Waals surface area contributed by atoms with Gasteiger partial charge in [0.1, 0.15) is 5.58 Å². The summed E-state index contributed by atoms with van der Waals surface area (Å²) < 4.78 is 10.5. The van der Waals surface area contributed by atoms with Crippen molar-refractivity contribution in [2.75, 3.05) is 6.54 Å². The quantitative estimate of drug-likeness (QED) is 0.861. The summed E-state index contributed by atoms with van der Waals surface area (Å²) in [4.78, 5) is 23.6.